The van der Waals surface area contributed by atoms with Crippen LogP contribution in [0, 0.1) is 6.92 Å². The van der Waals surface area contributed by atoms with Crippen molar-refractivity contribution in [3.05, 3.63) is 77.3 Å². The summed E-state index contributed by atoms with van der Waals surface area (Å²) < 4.78 is 5.83. The number of aryl methyl sites for hydroxylation is 1. The molecule has 0 radical (unpaired) electrons. The Bertz CT molecular complexity index is 824. The average Bonchev–Trinajstić information content (AvgIpc) is 3.38. The van der Waals surface area contributed by atoms with E-state index in [-0.39, 0.29) is 6.04 Å². The summed E-state index contributed by atoms with van der Waals surface area (Å²) in [7, 11) is 2.07. The van der Waals surface area contributed by atoms with Crippen LogP contribution in [0.4, 0.5) is 0 Å². The average molecular weight is 334 g/mol. The first-order chi connectivity index (χ1) is 12.2. The van der Waals surface area contributed by atoms with Gasteiger partial charge in [0.15, 0.2) is 0 Å². The molecule has 2 aromatic heterocycles. The van der Waals surface area contributed by atoms with Gasteiger partial charge in [0.1, 0.15) is 0 Å². The number of rotatable bonds is 6. The first-order valence-electron chi connectivity index (χ1n) is 8.71. The van der Waals surface area contributed by atoms with Gasteiger partial charge in [-0.3, -0.25) is 9.88 Å². The van der Waals surface area contributed by atoms with Gasteiger partial charge in [-0.15, -0.1) is 10.2 Å². The molecule has 1 unspecified atom stereocenters. The Morgan fingerprint density at radius 2 is 1.92 bits per heavy atom. The molecule has 1 atom stereocenters. The van der Waals surface area contributed by atoms with E-state index in [9.17, 15) is 0 Å². The summed E-state index contributed by atoms with van der Waals surface area (Å²) in [6.07, 6.45) is 4.16. The quantitative estimate of drug-likeness (QED) is 0.685. The van der Waals surface area contributed by atoms with E-state index < -0.39 is 0 Å². The molecule has 0 aliphatic heterocycles. The molecule has 1 saturated carbocycles. The van der Waals surface area contributed by atoms with Crippen molar-refractivity contribution in [1.29, 1.82) is 0 Å². The highest BCUT2D eigenvalue weighted by molar-refractivity contribution is 5.30. The highest BCUT2D eigenvalue weighted by atomic mass is 16.4. The summed E-state index contributed by atoms with van der Waals surface area (Å²) in [6, 6.07) is 14.7. The molecule has 5 nitrogen and oxygen atoms in total. The maximum absolute atomic E-state index is 5.83. The van der Waals surface area contributed by atoms with Crippen LogP contribution in [-0.2, 0) is 6.54 Å². The summed E-state index contributed by atoms with van der Waals surface area (Å²) in [5.41, 5.74) is 3.46. The minimum atomic E-state index is 0.0399. The Morgan fingerprint density at radius 1 is 1.12 bits per heavy atom. The lowest BCUT2D eigenvalue weighted by atomic mass is 10.0. The fraction of sp³-hybridized carbons (Fsp3) is 0.350. The predicted octanol–water partition coefficient (Wildman–Crippen LogP) is 3.87. The van der Waals surface area contributed by atoms with Crippen LogP contribution in [0.3, 0.4) is 0 Å². The minimum Gasteiger partial charge on any atom is -0.424 e. The van der Waals surface area contributed by atoms with Gasteiger partial charge in [0.2, 0.25) is 11.8 Å². The summed E-state index contributed by atoms with van der Waals surface area (Å²) in [5, 5.41) is 8.41. The van der Waals surface area contributed by atoms with Crippen molar-refractivity contribution in [2.75, 3.05) is 7.05 Å². The normalized spacial score (nSPS) is 15.5. The Morgan fingerprint density at radius 3 is 2.60 bits per heavy atom. The van der Waals surface area contributed by atoms with E-state index in [2.05, 4.69) is 64.4 Å². The van der Waals surface area contributed by atoms with Crippen LogP contribution >= 0.6 is 0 Å². The fourth-order valence-corrected chi connectivity index (χ4v) is 3.07. The van der Waals surface area contributed by atoms with Crippen molar-refractivity contribution in [2.24, 2.45) is 0 Å². The Hall–Kier alpha value is -2.53. The zero-order valence-corrected chi connectivity index (χ0v) is 14.6. The van der Waals surface area contributed by atoms with Crippen LogP contribution in [0.1, 0.15) is 53.4 Å². The SMILES string of the molecule is Cc1ccc(C(c2ccccn2)N(C)Cc2nnc(C3CC3)o2)cc1. The van der Waals surface area contributed by atoms with Gasteiger partial charge >= 0.3 is 0 Å². The van der Waals surface area contributed by atoms with E-state index in [0.29, 0.717) is 18.4 Å². The highest BCUT2D eigenvalue weighted by Gasteiger charge is 2.30. The third-order valence-electron chi connectivity index (χ3n) is 4.60. The van der Waals surface area contributed by atoms with Crippen LogP contribution in [0.2, 0.25) is 0 Å². The molecule has 1 aliphatic carbocycles. The van der Waals surface area contributed by atoms with E-state index in [1.807, 2.05) is 18.3 Å². The van der Waals surface area contributed by atoms with Gasteiger partial charge in [0.05, 0.1) is 18.3 Å². The van der Waals surface area contributed by atoms with E-state index in [0.717, 1.165) is 24.4 Å². The van der Waals surface area contributed by atoms with Crippen LogP contribution in [-0.4, -0.2) is 27.1 Å². The Kier molecular flexibility index (Phi) is 4.32. The van der Waals surface area contributed by atoms with Gasteiger partial charge in [-0.25, -0.2) is 0 Å². The Labute approximate surface area is 147 Å². The van der Waals surface area contributed by atoms with Gasteiger partial charge in [-0.1, -0.05) is 35.9 Å². The molecular weight excluding hydrogens is 312 g/mol. The zero-order valence-electron chi connectivity index (χ0n) is 14.6. The molecule has 0 saturated heterocycles. The molecule has 128 valence electrons. The third-order valence-corrected chi connectivity index (χ3v) is 4.60. The fourth-order valence-electron chi connectivity index (χ4n) is 3.07. The van der Waals surface area contributed by atoms with Gasteiger partial charge in [0.25, 0.3) is 0 Å². The van der Waals surface area contributed by atoms with Crippen molar-refractivity contribution in [3.63, 3.8) is 0 Å². The monoisotopic (exact) mass is 334 g/mol. The molecule has 3 aromatic rings. The lowest BCUT2D eigenvalue weighted by molar-refractivity contribution is 0.236. The molecule has 1 fully saturated rings. The first kappa shape index (κ1) is 16.0. The number of benzene rings is 1. The molecule has 1 aromatic carbocycles. The largest absolute Gasteiger partial charge is 0.424 e. The molecule has 25 heavy (non-hydrogen) atoms. The van der Waals surface area contributed by atoms with Crippen LogP contribution in [0.5, 0.6) is 0 Å². The van der Waals surface area contributed by atoms with Crippen molar-refractivity contribution in [1.82, 2.24) is 20.1 Å². The van der Waals surface area contributed by atoms with Crippen LogP contribution < -0.4 is 0 Å². The van der Waals surface area contributed by atoms with Gasteiger partial charge < -0.3 is 4.42 Å². The number of aromatic nitrogens is 3. The topological polar surface area (TPSA) is 55.1 Å². The zero-order chi connectivity index (χ0) is 17.2. The molecular formula is C20H22N4O. The number of hydrogen-bond acceptors (Lipinski definition) is 5. The predicted molar refractivity (Wildman–Crippen MR) is 95.0 cm³/mol. The van der Waals surface area contributed by atoms with Crippen LogP contribution in [0.15, 0.2) is 53.1 Å². The second-order valence-corrected chi connectivity index (χ2v) is 6.79. The van der Waals surface area contributed by atoms with E-state index in [1.165, 1.54) is 11.1 Å². The van der Waals surface area contributed by atoms with E-state index in [1.54, 1.807) is 0 Å². The maximum Gasteiger partial charge on any atom is 0.230 e. The molecule has 2 heterocycles. The lowest BCUT2D eigenvalue weighted by Gasteiger charge is -2.27. The Balaban J connectivity index is 1.60. The lowest BCUT2D eigenvalue weighted by Crippen LogP contribution is -2.26. The molecule has 1 aliphatic rings. The molecule has 0 spiro atoms. The van der Waals surface area contributed by atoms with Gasteiger partial charge in [0, 0.05) is 12.1 Å². The molecule has 0 bridgehead atoms. The molecule has 5 heteroatoms. The molecule has 0 amide bonds. The van der Waals surface area contributed by atoms with Gasteiger partial charge in [-0.2, -0.15) is 0 Å². The van der Waals surface area contributed by atoms with Crippen molar-refractivity contribution in [3.8, 4) is 0 Å². The number of hydrogen-bond donors (Lipinski definition) is 0. The maximum atomic E-state index is 5.83. The second-order valence-electron chi connectivity index (χ2n) is 6.79. The molecule has 0 N–H and O–H groups in total. The minimum absolute atomic E-state index is 0.0399. The summed E-state index contributed by atoms with van der Waals surface area (Å²) in [4.78, 5) is 6.78. The number of pyridine rings is 1. The van der Waals surface area contributed by atoms with Crippen molar-refractivity contribution < 1.29 is 4.42 Å². The third kappa shape index (κ3) is 3.61. The molecule has 4 rings (SSSR count). The number of nitrogens with zero attached hydrogens (tertiary/aromatic N) is 4. The standard InChI is InChI=1S/C20H22N4O/c1-14-6-8-15(9-7-14)19(17-5-3-4-12-21-17)24(2)13-18-22-23-20(25-18)16-10-11-16/h3-9,12,16,19H,10-11,13H2,1-2H3. The van der Waals surface area contributed by atoms with E-state index in [4.69, 9.17) is 4.42 Å². The second kappa shape index (κ2) is 6.76. The first-order valence-corrected chi connectivity index (χ1v) is 8.71. The van der Waals surface area contributed by atoms with Crippen LogP contribution in [0.25, 0.3) is 0 Å². The smallest absolute Gasteiger partial charge is 0.230 e. The van der Waals surface area contributed by atoms with Crippen molar-refractivity contribution in [2.45, 2.75) is 38.3 Å². The summed E-state index contributed by atoms with van der Waals surface area (Å²) in [6.45, 7) is 2.69. The summed E-state index contributed by atoms with van der Waals surface area (Å²) >= 11 is 0. The van der Waals surface area contributed by atoms with Gasteiger partial charge in [-0.05, 0) is 44.5 Å². The highest BCUT2D eigenvalue weighted by Crippen LogP contribution is 2.39. The van der Waals surface area contributed by atoms with E-state index >= 15 is 0 Å². The van der Waals surface area contributed by atoms with Crippen molar-refractivity contribution >= 4 is 0 Å². The summed E-state index contributed by atoms with van der Waals surface area (Å²) in [5.74, 6) is 1.93.